The number of amides is 2. The van der Waals surface area contributed by atoms with Gasteiger partial charge in [0.05, 0.1) is 17.0 Å². The Labute approximate surface area is 229 Å². The van der Waals surface area contributed by atoms with E-state index >= 15 is 0 Å². The zero-order chi connectivity index (χ0) is 25.9. The second-order valence-corrected chi connectivity index (χ2v) is 10.4. The number of halogens is 2. The highest BCUT2D eigenvalue weighted by Crippen LogP contribution is 2.35. The standard InChI is InChI=1S/C29H24Cl2N2O3S/c1-2-19-7-6-10-24-21(18-32(27(19)24)17-20-11-12-22(30)16-25(20)31)15-26-28(34)33(29(35)37-26)13-14-36-23-8-4-3-5-9-23/h3-12,15-16,18H,2,13-14,17H2,1H3/b26-15-. The second-order valence-electron chi connectivity index (χ2n) is 8.61. The average molecular weight is 551 g/mol. The van der Waals surface area contributed by atoms with Crippen LogP contribution in [0.3, 0.4) is 0 Å². The Balaban J connectivity index is 1.43. The van der Waals surface area contributed by atoms with Gasteiger partial charge in [0.15, 0.2) is 0 Å². The lowest BCUT2D eigenvalue weighted by Gasteiger charge is -2.13. The van der Waals surface area contributed by atoms with E-state index in [4.69, 9.17) is 27.9 Å². The van der Waals surface area contributed by atoms with Crippen LogP contribution < -0.4 is 4.74 Å². The van der Waals surface area contributed by atoms with Gasteiger partial charge in [0, 0.05) is 33.7 Å². The first-order valence-corrected chi connectivity index (χ1v) is 13.5. The van der Waals surface area contributed by atoms with Crippen LogP contribution in [-0.2, 0) is 17.8 Å². The topological polar surface area (TPSA) is 51.5 Å². The summed E-state index contributed by atoms with van der Waals surface area (Å²) in [5, 5.41) is 1.91. The fourth-order valence-electron chi connectivity index (χ4n) is 4.43. The van der Waals surface area contributed by atoms with Crippen molar-refractivity contribution in [3.05, 3.63) is 105 Å². The summed E-state index contributed by atoms with van der Waals surface area (Å²) in [6.45, 7) is 3.09. The quantitative estimate of drug-likeness (QED) is 0.211. The molecule has 0 unspecified atom stereocenters. The number of imide groups is 1. The zero-order valence-electron chi connectivity index (χ0n) is 20.1. The predicted molar refractivity (Wildman–Crippen MR) is 151 cm³/mol. The van der Waals surface area contributed by atoms with Gasteiger partial charge in [-0.25, -0.2) is 0 Å². The largest absolute Gasteiger partial charge is 0.492 e. The van der Waals surface area contributed by atoms with Crippen LogP contribution in [0, 0.1) is 0 Å². The van der Waals surface area contributed by atoms with Gasteiger partial charge in [0.1, 0.15) is 12.4 Å². The highest BCUT2D eigenvalue weighted by Gasteiger charge is 2.35. The Morgan fingerprint density at radius 1 is 0.973 bits per heavy atom. The molecular formula is C29H24Cl2N2O3S. The fourth-order valence-corrected chi connectivity index (χ4v) is 5.75. The molecule has 188 valence electrons. The first kappa shape index (κ1) is 25.5. The molecule has 0 N–H and O–H groups in total. The minimum Gasteiger partial charge on any atom is -0.492 e. The SMILES string of the molecule is CCc1cccc2c(/C=C3\SC(=O)N(CCOc4ccccc4)C3=O)cn(Cc3ccc(Cl)cc3Cl)c12. The van der Waals surface area contributed by atoms with Crippen molar-refractivity contribution in [1.29, 1.82) is 0 Å². The summed E-state index contributed by atoms with van der Waals surface area (Å²) < 4.78 is 7.83. The van der Waals surface area contributed by atoms with Crippen LogP contribution in [0.2, 0.25) is 10.0 Å². The van der Waals surface area contributed by atoms with Gasteiger partial charge in [0.2, 0.25) is 0 Å². The first-order valence-electron chi connectivity index (χ1n) is 11.9. The molecule has 0 atom stereocenters. The monoisotopic (exact) mass is 550 g/mol. The Morgan fingerprint density at radius 2 is 1.78 bits per heavy atom. The number of carbonyl (C=O) groups excluding carboxylic acids is 2. The van der Waals surface area contributed by atoms with Crippen LogP contribution in [0.5, 0.6) is 5.75 Å². The van der Waals surface area contributed by atoms with E-state index in [1.807, 2.05) is 66.9 Å². The highest BCUT2D eigenvalue weighted by atomic mass is 35.5. The Bertz CT molecular complexity index is 1510. The molecule has 37 heavy (non-hydrogen) atoms. The van der Waals surface area contributed by atoms with E-state index < -0.39 is 0 Å². The van der Waals surface area contributed by atoms with Gasteiger partial charge in [-0.3, -0.25) is 14.5 Å². The predicted octanol–water partition coefficient (Wildman–Crippen LogP) is 7.67. The number of rotatable bonds is 8. The van der Waals surface area contributed by atoms with E-state index in [0.717, 1.165) is 40.2 Å². The molecule has 1 saturated heterocycles. The third-order valence-electron chi connectivity index (χ3n) is 6.24. The number of hydrogen-bond acceptors (Lipinski definition) is 4. The number of thioether (sulfide) groups is 1. The molecule has 0 saturated carbocycles. The number of fused-ring (bicyclic) bond motifs is 1. The van der Waals surface area contributed by atoms with Gasteiger partial charge in [-0.1, -0.05) is 72.6 Å². The van der Waals surface area contributed by atoms with Crippen LogP contribution in [0.15, 0.2) is 77.8 Å². The Morgan fingerprint density at radius 3 is 2.54 bits per heavy atom. The molecule has 2 heterocycles. The van der Waals surface area contributed by atoms with Crippen molar-refractivity contribution < 1.29 is 14.3 Å². The molecule has 3 aromatic carbocycles. The van der Waals surface area contributed by atoms with Crippen LogP contribution in [0.1, 0.15) is 23.6 Å². The molecule has 1 fully saturated rings. The molecule has 0 radical (unpaired) electrons. The van der Waals surface area contributed by atoms with E-state index in [9.17, 15) is 9.59 Å². The van der Waals surface area contributed by atoms with E-state index in [0.29, 0.717) is 27.2 Å². The Hall–Kier alpha value is -3.19. The fraction of sp³-hybridized carbons (Fsp3) is 0.172. The summed E-state index contributed by atoms with van der Waals surface area (Å²) in [7, 11) is 0. The normalized spacial score (nSPS) is 14.8. The lowest BCUT2D eigenvalue weighted by Crippen LogP contribution is -2.32. The number of benzene rings is 3. The molecule has 4 aromatic rings. The van der Waals surface area contributed by atoms with E-state index in [1.54, 1.807) is 6.07 Å². The summed E-state index contributed by atoms with van der Waals surface area (Å²) in [6, 6.07) is 21.0. The smallest absolute Gasteiger partial charge is 0.293 e. The van der Waals surface area contributed by atoms with Crippen LogP contribution in [-0.4, -0.2) is 33.8 Å². The summed E-state index contributed by atoms with van der Waals surface area (Å²) in [5.74, 6) is 0.394. The number of aromatic nitrogens is 1. The van der Waals surface area contributed by atoms with Crippen molar-refractivity contribution >= 4 is 63.1 Å². The maximum Gasteiger partial charge on any atom is 0.293 e. The molecule has 0 spiro atoms. The number of carbonyl (C=O) groups is 2. The third kappa shape index (κ3) is 5.42. The molecule has 1 aliphatic heterocycles. The van der Waals surface area contributed by atoms with Gasteiger partial charge in [-0.2, -0.15) is 0 Å². The van der Waals surface area contributed by atoms with Crippen molar-refractivity contribution in [1.82, 2.24) is 9.47 Å². The lowest BCUT2D eigenvalue weighted by molar-refractivity contribution is -0.123. The molecule has 5 nitrogen and oxygen atoms in total. The molecule has 5 rings (SSSR count). The average Bonchev–Trinajstić information content (AvgIpc) is 3.38. The molecule has 1 aliphatic rings. The minimum absolute atomic E-state index is 0.188. The van der Waals surface area contributed by atoms with Gasteiger partial charge in [-0.05, 0) is 59.7 Å². The van der Waals surface area contributed by atoms with Crippen molar-refractivity contribution in [2.24, 2.45) is 0 Å². The Kier molecular flexibility index (Phi) is 7.60. The van der Waals surface area contributed by atoms with E-state index in [-0.39, 0.29) is 24.3 Å². The highest BCUT2D eigenvalue weighted by molar-refractivity contribution is 8.18. The van der Waals surface area contributed by atoms with Crippen LogP contribution >= 0.6 is 35.0 Å². The summed E-state index contributed by atoms with van der Waals surface area (Å²) >= 11 is 13.5. The van der Waals surface area contributed by atoms with Gasteiger partial charge < -0.3 is 9.30 Å². The number of nitrogens with zero attached hydrogens (tertiary/aromatic N) is 2. The number of hydrogen-bond donors (Lipinski definition) is 0. The van der Waals surface area contributed by atoms with Crippen LogP contribution in [0.4, 0.5) is 4.79 Å². The number of ether oxygens (including phenoxy) is 1. The summed E-state index contributed by atoms with van der Waals surface area (Å²) in [4.78, 5) is 27.4. The van der Waals surface area contributed by atoms with Crippen molar-refractivity contribution in [3.8, 4) is 5.75 Å². The van der Waals surface area contributed by atoms with Crippen molar-refractivity contribution in [3.63, 3.8) is 0 Å². The molecule has 0 bridgehead atoms. The second kappa shape index (κ2) is 11.1. The lowest BCUT2D eigenvalue weighted by atomic mass is 10.1. The van der Waals surface area contributed by atoms with Gasteiger partial charge >= 0.3 is 0 Å². The van der Waals surface area contributed by atoms with Gasteiger partial charge in [0.25, 0.3) is 11.1 Å². The maximum atomic E-state index is 13.1. The minimum atomic E-state index is -0.306. The molecular weight excluding hydrogens is 527 g/mol. The van der Waals surface area contributed by atoms with Crippen molar-refractivity contribution in [2.75, 3.05) is 13.2 Å². The van der Waals surface area contributed by atoms with E-state index in [1.165, 1.54) is 10.5 Å². The third-order valence-corrected chi connectivity index (χ3v) is 7.73. The zero-order valence-corrected chi connectivity index (χ0v) is 22.4. The van der Waals surface area contributed by atoms with Gasteiger partial charge in [-0.15, -0.1) is 0 Å². The number of para-hydroxylation sites is 2. The van der Waals surface area contributed by atoms with Crippen molar-refractivity contribution in [2.45, 2.75) is 19.9 Å². The molecule has 1 aromatic heterocycles. The number of aryl methyl sites for hydroxylation is 1. The summed E-state index contributed by atoms with van der Waals surface area (Å²) in [6.07, 6.45) is 4.68. The molecule has 2 amide bonds. The van der Waals surface area contributed by atoms with E-state index in [2.05, 4.69) is 17.6 Å². The first-order chi connectivity index (χ1) is 17.9. The van der Waals surface area contributed by atoms with Crippen LogP contribution in [0.25, 0.3) is 17.0 Å². The maximum absolute atomic E-state index is 13.1. The summed E-state index contributed by atoms with van der Waals surface area (Å²) in [5.41, 5.74) is 4.09. The molecule has 0 aliphatic carbocycles. The molecule has 8 heteroatoms.